The van der Waals surface area contributed by atoms with E-state index in [2.05, 4.69) is 9.97 Å². The Morgan fingerprint density at radius 2 is 1.71 bits per heavy atom. The van der Waals surface area contributed by atoms with Crippen LogP contribution in [0.3, 0.4) is 0 Å². The van der Waals surface area contributed by atoms with E-state index in [0.717, 1.165) is 11.1 Å². The summed E-state index contributed by atoms with van der Waals surface area (Å²) in [5.74, 6) is 0.368. The number of hydrogen-bond donors (Lipinski definition) is 0. The normalized spacial score (nSPS) is 19.3. The molecule has 3 rings (SSSR count). The lowest BCUT2D eigenvalue weighted by atomic mass is 10.1. The first-order valence-electron chi connectivity index (χ1n) is 4.79. The van der Waals surface area contributed by atoms with Crippen LogP contribution >= 0.6 is 23.2 Å². The minimum atomic E-state index is -1.26. The van der Waals surface area contributed by atoms with Crippen molar-refractivity contribution in [2.45, 2.75) is 12.4 Å². The van der Waals surface area contributed by atoms with Crippen molar-refractivity contribution in [3.8, 4) is 0 Å². The van der Waals surface area contributed by atoms with Gasteiger partial charge < -0.3 is 0 Å². The molecule has 0 spiro atoms. The van der Waals surface area contributed by atoms with E-state index in [1.54, 1.807) is 0 Å². The van der Waals surface area contributed by atoms with Gasteiger partial charge in [0.25, 0.3) is 0 Å². The van der Waals surface area contributed by atoms with Crippen LogP contribution in [0, 0.1) is 0 Å². The second-order valence-corrected chi connectivity index (χ2v) is 5.47. The molecule has 88 valence electrons. The molecule has 1 aliphatic heterocycles. The molecule has 0 N–H and O–H groups in total. The van der Waals surface area contributed by atoms with Gasteiger partial charge in [0.2, 0.25) is 0 Å². The SMILES string of the molecule is O=S1Cc2cc3nc(Cl)c(Cl)nc3cc2CO1. The zero-order valence-corrected chi connectivity index (χ0v) is 10.8. The van der Waals surface area contributed by atoms with Crippen molar-refractivity contribution >= 4 is 45.3 Å². The van der Waals surface area contributed by atoms with Crippen molar-refractivity contribution in [1.29, 1.82) is 0 Å². The molecule has 0 saturated heterocycles. The Labute approximate surface area is 110 Å². The van der Waals surface area contributed by atoms with E-state index in [4.69, 9.17) is 27.4 Å². The van der Waals surface area contributed by atoms with Gasteiger partial charge >= 0.3 is 0 Å². The van der Waals surface area contributed by atoms with E-state index in [-0.39, 0.29) is 10.3 Å². The first kappa shape index (κ1) is 11.3. The fraction of sp³-hybridized carbons (Fsp3) is 0.200. The third-order valence-electron chi connectivity index (χ3n) is 2.52. The number of hydrogen-bond acceptors (Lipinski definition) is 4. The van der Waals surface area contributed by atoms with E-state index in [1.807, 2.05) is 12.1 Å². The Morgan fingerprint density at radius 1 is 1.12 bits per heavy atom. The molecule has 17 heavy (non-hydrogen) atoms. The van der Waals surface area contributed by atoms with Crippen LogP contribution in [-0.2, 0) is 27.6 Å². The van der Waals surface area contributed by atoms with Crippen LogP contribution in [0.5, 0.6) is 0 Å². The summed E-state index contributed by atoms with van der Waals surface area (Å²) in [7, 11) is 0. The molecule has 0 aliphatic carbocycles. The predicted octanol–water partition coefficient (Wildman–Crippen LogP) is 2.63. The van der Waals surface area contributed by atoms with E-state index < -0.39 is 11.1 Å². The Hall–Kier alpha value is -0.750. The molecule has 1 aromatic heterocycles. The predicted molar refractivity (Wildman–Crippen MR) is 66.2 cm³/mol. The lowest BCUT2D eigenvalue weighted by molar-refractivity contribution is 0.328. The van der Waals surface area contributed by atoms with E-state index >= 15 is 0 Å². The lowest BCUT2D eigenvalue weighted by Crippen LogP contribution is -2.11. The average molecular weight is 289 g/mol. The quantitative estimate of drug-likeness (QED) is 0.748. The van der Waals surface area contributed by atoms with Gasteiger partial charge in [-0.25, -0.2) is 14.2 Å². The summed E-state index contributed by atoms with van der Waals surface area (Å²) >= 11 is 10.4. The van der Waals surface area contributed by atoms with Crippen LogP contribution in [0.25, 0.3) is 11.0 Å². The molecule has 1 atom stereocenters. The highest BCUT2D eigenvalue weighted by Crippen LogP contribution is 2.27. The number of halogens is 2. The summed E-state index contributed by atoms with van der Waals surface area (Å²) < 4.78 is 16.4. The molecule has 0 radical (unpaired) electrons. The number of fused-ring (bicyclic) bond motifs is 2. The van der Waals surface area contributed by atoms with Crippen LogP contribution in [-0.4, -0.2) is 14.2 Å². The average Bonchev–Trinajstić information content (AvgIpc) is 2.28. The Bertz CT molecular complexity index is 648. The molecule has 4 nitrogen and oxygen atoms in total. The topological polar surface area (TPSA) is 52.1 Å². The number of benzene rings is 1. The maximum Gasteiger partial charge on any atom is 0.167 e. The largest absolute Gasteiger partial charge is 0.285 e. The highest BCUT2D eigenvalue weighted by atomic mass is 35.5. The number of aromatic nitrogens is 2. The second kappa shape index (κ2) is 4.17. The smallest absolute Gasteiger partial charge is 0.167 e. The molecule has 1 aromatic carbocycles. The Kier molecular flexibility index (Phi) is 2.78. The zero-order chi connectivity index (χ0) is 12.0. The second-order valence-electron chi connectivity index (χ2n) is 3.63. The summed E-state index contributed by atoms with van der Waals surface area (Å²) in [6.07, 6.45) is 0. The van der Waals surface area contributed by atoms with Crippen molar-refractivity contribution in [2.75, 3.05) is 0 Å². The molecule has 2 heterocycles. The van der Waals surface area contributed by atoms with Crippen molar-refractivity contribution in [2.24, 2.45) is 0 Å². The third-order valence-corrected chi connectivity index (χ3v) is 4.07. The Balaban J connectivity index is 2.25. The minimum Gasteiger partial charge on any atom is -0.285 e. The molecule has 0 saturated carbocycles. The van der Waals surface area contributed by atoms with Crippen LogP contribution in [0.4, 0.5) is 0 Å². The molecule has 0 bridgehead atoms. The van der Waals surface area contributed by atoms with Gasteiger partial charge in [0, 0.05) is 0 Å². The highest BCUT2D eigenvalue weighted by Gasteiger charge is 2.17. The molecular weight excluding hydrogens is 283 g/mol. The van der Waals surface area contributed by atoms with Crippen LogP contribution in [0.15, 0.2) is 12.1 Å². The minimum absolute atomic E-state index is 0.173. The lowest BCUT2D eigenvalue weighted by Gasteiger charge is -2.15. The van der Waals surface area contributed by atoms with E-state index in [1.165, 1.54) is 0 Å². The van der Waals surface area contributed by atoms with Gasteiger partial charge in [0.1, 0.15) is 0 Å². The van der Waals surface area contributed by atoms with Gasteiger partial charge in [-0.15, -0.1) is 0 Å². The van der Waals surface area contributed by atoms with Crippen LogP contribution in [0.2, 0.25) is 10.3 Å². The van der Waals surface area contributed by atoms with Gasteiger partial charge in [-0.3, -0.25) is 4.18 Å². The molecule has 0 amide bonds. The molecular formula is C10H6Cl2N2O2S. The summed E-state index contributed by atoms with van der Waals surface area (Å²) in [6, 6.07) is 3.68. The maximum absolute atomic E-state index is 11.3. The van der Waals surface area contributed by atoms with Gasteiger partial charge in [0.05, 0.1) is 23.4 Å². The van der Waals surface area contributed by atoms with Crippen LogP contribution < -0.4 is 0 Å². The Morgan fingerprint density at radius 3 is 2.35 bits per heavy atom. The van der Waals surface area contributed by atoms with Gasteiger partial charge in [-0.05, 0) is 23.3 Å². The molecule has 1 aliphatic rings. The summed E-state index contributed by atoms with van der Waals surface area (Å²) in [4.78, 5) is 8.28. The third kappa shape index (κ3) is 2.04. The molecule has 7 heteroatoms. The monoisotopic (exact) mass is 288 g/mol. The van der Waals surface area contributed by atoms with Gasteiger partial charge in [-0.2, -0.15) is 0 Å². The fourth-order valence-electron chi connectivity index (χ4n) is 1.71. The van der Waals surface area contributed by atoms with Crippen LogP contribution in [0.1, 0.15) is 11.1 Å². The van der Waals surface area contributed by atoms with Crippen molar-refractivity contribution in [3.63, 3.8) is 0 Å². The highest BCUT2D eigenvalue weighted by molar-refractivity contribution is 7.79. The fourth-order valence-corrected chi connectivity index (χ4v) is 2.84. The first-order chi connectivity index (χ1) is 8.13. The standard InChI is InChI=1S/C10H6Cl2N2O2S/c11-9-10(12)14-8-2-6-4-17(15)16-3-5(6)1-7(8)13-9/h1-2H,3-4H2. The van der Waals surface area contributed by atoms with Crippen molar-refractivity contribution in [1.82, 2.24) is 9.97 Å². The van der Waals surface area contributed by atoms with E-state index in [0.29, 0.717) is 23.4 Å². The summed E-state index contributed by atoms with van der Waals surface area (Å²) in [6.45, 7) is 0.319. The zero-order valence-electron chi connectivity index (χ0n) is 8.44. The van der Waals surface area contributed by atoms with Gasteiger partial charge in [0.15, 0.2) is 21.4 Å². The van der Waals surface area contributed by atoms with E-state index in [9.17, 15) is 4.21 Å². The summed E-state index contributed by atoms with van der Waals surface area (Å²) in [5, 5.41) is 0.353. The van der Waals surface area contributed by atoms with Crippen molar-refractivity contribution in [3.05, 3.63) is 33.6 Å². The van der Waals surface area contributed by atoms with Gasteiger partial charge in [-0.1, -0.05) is 23.2 Å². The number of nitrogens with zero attached hydrogens (tertiary/aromatic N) is 2. The molecule has 1 unspecified atom stereocenters. The van der Waals surface area contributed by atoms with Crippen molar-refractivity contribution < 1.29 is 8.39 Å². The summed E-state index contributed by atoms with van der Waals surface area (Å²) in [5.41, 5.74) is 3.23. The molecule has 0 fully saturated rings. The first-order valence-corrected chi connectivity index (χ1v) is 6.79. The molecule has 2 aromatic rings. The number of rotatable bonds is 0. The maximum atomic E-state index is 11.3.